The highest BCUT2D eigenvalue weighted by molar-refractivity contribution is 6.09. The number of aromatic carboxylic acids is 3. The Kier molecular flexibility index (Phi) is 12.2. The lowest BCUT2D eigenvalue weighted by atomic mass is 9.98. The summed E-state index contributed by atoms with van der Waals surface area (Å²) in [6, 6.07) is 0.978. The lowest BCUT2D eigenvalue weighted by Gasteiger charge is -2.27. The highest BCUT2D eigenvalue weighted by atomic mass is 16.7. The minimum atomic E-state index is -1.78. The zero-order chi connectivity index (χ0) is 29.9. The summed E-state index contributed by atoms with van der Waals surface area (Å²) in [6.45, 7) is 5.81. The number of rotatable bonds is 15. The molecule has 0 aliphatic carbocycles. The van der Waals surface area contributed by atoms with Crippen LogP contribution in [0.1, 0.15) is 62.2 Å². The number of hydrogen-bond acceptors (Lipinski definition) is 11. The lowest BCUT2D eigenvalue weighted by molar-refractivity contribution is -0.198. The molecule has 0 saturated carbocycles. The topological polar surface area (TPSA) is 217 Å². The Bertz CT molecular complexity index is 1250. The van der Waals surface area contributed by atoms with E-state index in [2.05, 4.69) is 6.58 Å². The van der Waals surface area contributed by atoms with Crippen molar-refractivity contribution in [2.24, 2.45) is 0 Å². The zero-order valence-electron chi connectivity index (χ0n) is 21.0. The monoisotopic (exact) mass is 548 g/mol. The largest absolute Gasteiger partial charge is 0.478 e. The second-order valence-corrected chi connectivity index (χ2v) is 7.94. The van der Waals surface area contributed by atoms with Gasteiger partial charge in [0, 0.05) is 16.7 Å². The maximum absolute atomic E-state index is 13.1. The molecule has 1 atom stereocenters. The van der Waals surface area contributed by atoms with E-state index in [9.17, 15) is 48.9 Å². The summed E-state index contributed by atoms with van der Waals surface area (Å²) in [7, 11) is 0. The van der Waals surface area contributed by atoms with Crippen LogP contribution in [0.4, 0.5) is 0 Å². The number of carboxylic acids is 3. The van der Waals surface area contributed by atoms with Crippen LogP contribution in [0, 0.1) is 0 Å². The first kappa shape index (κ1) is 32.2. The van der Waals surface area contributed by atoms with Crippen LogP contribution in [0.3, 0.4) is 0 Å². The van der Waals surface area contributed by atoms with Gasteiger partial charge in [-0.05, 0) is 32.9 Å². The number of ether oxygens (including phenoxy) is 4. The number of esters is 2. The molecule has 0 amide bonds. The highest BCUT2D eigenvalue weighted by Crippen LogP contribution is 2.21. The molecule has 0 aliphatic heterocycles. The van der Waals surface area contributed by atoms with Gasteiger partial charge < -0.3 is 34.3 Å². The van der Waals surface area contributed by atoms with Crippen molar-refractivity contribution in [3.63, 3.8) is 0 Å². The molecule has 14 heteroatoms. The summed E-state index contributed by atoms with van der Waals surface area (Å²) in [5.41, 5.74) is -3.53. The molecule has 0 spiro atoms. The van der Waals surface area contributed by atoms with Crippen molar-refractivity contribution in [2.75, 3.05) is 19.8 Å². The summed E-state index contributed by atoms with van der Waals surface area (Å²) in [5, 5.41) is 28.2. The third kappa shape index (κ3) is 9.50. The molecular formula is C25H24O14. The van der Waals surface area contributed by atoms with Crippen LogP contribution in [-0.4, -0.2) is 89.3 Å². The van der Waals surface area contributed by atoms with Crippen molar-refractivity contribution in [2.45, 2.75) is 33.2 Å². The molecule has 14 nitrogen and oxygen atoms in total. The average Bonchev–Trinajstić information content (AvgIpc) is 2.89. The quantitative estimate of drug-likeness (QED) is 0.122. The molecule has 0 aliphatic rings. The Morgan fingerprint density at radius 2 is 1.21 bits per heavy atom. The van der Waals surface area contributed by atoms with E-state index < -0.39 is 84.3 Å². The van der Waals surface area contributed by atoms with Crippen molar-refractivity contribution in [1.82, 2.24) is 0 Å². The van der Waals surface area contributed by atoms with Gasteiger partial charge in [0.25, 0.3) is 0 Å². The molecule has 1 rings (SSSR count). The van der Waals surface area contributed by atoms with Gasteiger partial charge in [-0.25, -0.2) is 33.6 Å². The third-order valence-corrected chi connectivity index (χ3v) is 4.63. The van der Waals surface area contributed by atoms with Gasteiger partial charge >= 0.3 is 29.8 Å². The van der Waals surface area contributed by atoms with Gasteiger partial charge in [0.2, 0.25) is 0 Å². The molecule has 1 unspecified atom stereocenters. The molecule has 0 bridgehead atoms. The number of hydrogen-bond donors (Lipinski definition) is 3. The highest BCUT2D eigenvalue weighted by Gasteiger charge is 2.33. The predicted molar refractivity (Wildman–Crippen MR) is 128 cm³/mol. The van der Waals surface area contributed by atoms with Crippen LogP contribution in [0.25, 0.3) is 0 Å². The van der Waals surface area contributed by atoms with Crippen molar-refractivity contribution >= 4 is 41.7 Å². The normalized spacial score (nSPS) is 11.7. The first-order valence-electron chi connectivity index (χ1n) is 10.8. The fourth-order valence-electron chi connectivity index (χ4n) is 2.69. The summed E-state index contributed by atoms with van der Waals surface area (Å²) in [6.07, 6.45) is -3.32. The number of benzene rings is 1. The second-order valence-electron chi connectivity index (χ2n) is 7.94. The second kappa shape index (κ2) is 14.8. The number of carbonyl (C=O) groups excluding carboxylic acids is 4. The maximum Gasteiger partial charge on any atom is 0.339 e. The Hall–Kier alpha value is -4.87. The van der Waals surface area contributed by atoms with Crippen LogP contribution in [-0.2, 0) is 33.3 Å². The molecule has 1 aromatic carbocycles. The van der Waals surface area contributed by atoms with Gasteiger partial charge in [0.1, 0.15) is 18.5 Å². The molecule has 0 fully saturated rings. The predicted octanol–water partition coefficient (Wildman–Crippen LogP) is 1.34. The van der Waals surface area contributed by atoms with Crippen molar-refractivity contribution in [3.8, 4) is 0 Å². The minimum Gasteiger partial charge on any atom is -0.478 e. The summed E-state index contributed by atoms with van der Waals surface area (Å²) in [5.74, 6) is -4.60. The van der Waals surface area contributed by atoms with Gasteiger partial charge in [0.15, 0.2) is 12.4 Å². The molecular weight excluding hydrogens is 524 g/mol. The Morgan fingerprint density at radius 3 is 1.59 bits per heavy atom. The van der Waals surface area contributed by atoms with Gasteiger partial charge in [0.05, 0.1) is 35.5 Å². The van der Waals surface area contributed by atoms with Crippen LogP contribution in [0.2, 0.25) is 0 Å². The Labute approximate surface area is 220 Å². The standard InChI is InChI=1S/C25H24O14/c1-12(2)23(34)36-11-19(25(37-9-13(3)7-26)38-10-14(4)8-27)39-24(35)18-6-16(21(30)31)15(20(28)29)5-17(18)22(32)33/h5-6,19,25H,1,9-11H2,2-4H3,(H,28,29)(H,30,31)(H,32,33). The van der Waals surface area contributed by atoms with E-state index in [1.807, 2.05) is 0 Å². The average molecular weight is 548 g/mol. The number of carbonyl (C=O) groups is 5. The Morgan fingerprint density at radius 1 is 0.795 bits per heavy atom. The fourth-order valence-corrected chi connectivity index (χ4v) is 2.69. The number of carboxylic acid groups (broad SMARTS) is 3. The van der Waals surface area contributed by atoms with Crippen LogP contribution < -0.4 is 0 Å². The van der Waals surface area contributed by atoms with E-state index in [4.69, 9.17) is 18.9 Å². The molecule has 0 radical (unpaired) electrons. The molecule has 208 valence electrons. The van der Waals surface area contributed by atoms with Gasteiger partial charge in [-0.1, -0.05) is 6.58 Å². The van der Waals surface area contributed by atoms with Crippen molar-refractivity contribution in [1.29, 1.82) is 0 Å². The van der Waals surface area contributed by atoms with Gasteiger partial charge in [-0.15, -0.1) is 0 Å². The maximum atomic E-state index is 13.1. The van der Waals surface area contributed by atoms with Gasteiger partial charge in [-0.2, -0.15) is 0 Å². The smallest absolute Gasteiger partial charge is 0.339 e. The molecule has 39 heavy (non-hydrogen) atoms. The van der Waals surface area contributed by atoms with E-state index in [0.717, 1.165) is 0 Å². The Balaban J connectivity index is 3.58. The van der Waals surface area contributed by atoms with Crippen molar-refractivity contribution < 1.29 is 67.8 Å². The molecule has 3 N–H and O–H groups in total. The first-order valence-corrected chi connectivity index (χ1v) is 10.8. The van der Waals surface area contributed by atoms with Crippen LogP contribution in [0.5, 0.6) is 0 Å². The lowest BCUT2D eigenvalue weighted by Crippen LogP contribution is -2.41. The summed E-state index contributed by atoms with van der Waals surface area (Å²) < 4.78 is 21.1. The SMILES string of the molecule is C=C(C)C(=O)OCC(OC(=O)c1cc(C(=O)O)c(C(=O)O)cc1C(=O)O)C(OCC(C)=C=O)OCC(C)=C=O. The molecule has 0 heterocycles. The fraction of sp³-hybridized carbons (Fsp3) is 0.320. The van der Waals surface area contributed by atoms with Crippen LogP contribution >= 0.6 is 0 Å². The van der Waals surface area contributed by atoms with Gasteiger partial charge in [-0.3, -0.25) is 0 Å². The first-order chi connectivity index (χ1) is 18.2. The van der Waals surface area contributed by atoms with E-state index in [-0.39, 0.29) is 16.7 Å². The summed E-state index contributed by atoms with van der Waals surface area (Å²) >= 11 is 0. The van der Waals surface area contributed by atoms with Crippen molar-refractivity contribution in [3.05, 3.63) is 57.7 Å². The third-order valence-electron chi connectivity index (χ3n) is 4.63. The molecule has 0 aromatic heterocycles. The van der Waals surface area contributed by atoms with E-state index in [1.165, 1.54) is 20.8 Å². The van der Waals surface area contributed by atoms with Crippen LogP contribution in [0.15, 0.2) is 35.4 Å². The van der Waals surface area contributed by atoms with E-state index in [0.29, 0.717) is 12.1 Å². The summed E-state index contributed by atoms with van der Waals surface area (Å²) in [4.78, 5) is 81.5. The minimum absolute atomic E-state index is 0.0403. The molecule has 0 saturated heterocycles. The van der Waals surface area contributed by atoms with E-state index >= 15 is 0 Å². The zero-order valence-corrected chi connectivity index (χ0v) is 21.0. The van der Waals surface area contributed by atoms with E-state index in [1.54, 1.807) is 11.9 Å². The molecule has 1 aromatic rings.